The number of rotatable bonds is 3. The monoisotopic (exact) mass is 189 g/mol. The van der Waals surface area contributed by atoms with Gasteiger partial charge in [0.1, 0.15) is 6.61 Å². The second-order valence-electron chi connectivity index (χ2n) is 2.74. The molecular formula is C11H11NO2. The summed E-state index contributed by atoms with van der Waals surface area (Å²) in [6.07, 6.45) is 4.97. The third-order valence-electron chi connectivity index (χ3n) is 1.66. The maximum atomic E-state index is 11.1. The Balaban J connectivity index is 2.43. The molecule has 0 aliphatic carbocycles. The van der Waals surface area contributed by atoms with Crippen LogP contribution in [0.3, 0.4) is 0 Å². The van der Waals surface area contributed by atoms with Gasteiger partial charge in [-0.05, 0) is 5.56 Å². The van der Waals surface area contributed by atoms with Gasteiger partial charge in [-0.1, -0.05) is 36.3 Å². The molecule has 1 aromatic carbocycles. The van der Waals surface area contributed by atoms with Gasteiger partial charge in [0.25, 0.3) is 0 Å². The second-order valence-corrected chi connectivity index (χ2v) is 2.74. The summed E-state index contributed by atoms with van der Waals surface area (Å²) in [4.78, 5) is 11.1. The summed E-state index contributed by atoms with van der Waals surface area (Å²) >= 11 is 0. The lowest BCUT2D eigenvalue weighted by atomic mass is 10.2. The summed E-state index contributed by atoms with van der Waals surface area (Å²) in [7, 11) is 0. The number of hydrogen-bond acceptors (Lipinski definition) is 3. The first-order valence-electron chi connectivity index (χ1n) is 4.16. The molecule has 0 spiro atoms. The molecule has 14 heavy (non-hydrogen) atoms. The van der Waals surface area contributed by atoms with Gasteiger partial charge >= 0.3 is 5.97 Å². The number of terminal acetylenes is 1. The second kappa shape index (κ2) is 5.05. The Kier molecular flexibility index (Phi) is 3.71. The van der Waals surface area contributed by atoms with Crippen LogP contribution >= 0.6 is 0 Å². The molecule has 0 saturated carbocycles. The van der Waals surface area contributed by atoms with Gasteiger partial charge in [-0.3, -0.25) is 0 Å². The van der Waals surface area contributed by atoms with Crippen molar-refractivity contribution >= 4 is 5.97 Å². The zero-order valence-electron chi connectivity index (χ0n) is 7.64. The molecule has 0 aliphatic heterocycles. The average Bonchev–Trinajstić information content (AvgIpc) is 2.26. The van der Waals surface area contributed by atoms with Crippen LogP contribution in [0.1, 0.15) is 5.56 Å². The van der Waals surface area contributed by atoms with Crippen LogP contribution in [-0.4, -0.2) is 12.0 Å². The highest BCUT2D eigenvalue weighted by molar-refractivity contribution is 5.78. The van der Waals surface area contributed by atoms with Crippen molar-refractivity contribution in [1.82, 2.24) is 0 Å². The normalized spacial score (nSPS) is 11.4. The molecule has 1 rings (SSSR count). The number of carbonyl (C=O) groups excluding carboxylic acids is 1. The van der Waals surface area contributed by atoms with E-state index in [-0.39, 0.29) is 6.61 Å². The third kappa shape index (κ3) is 2.92. The van der Waals surface area contributed by atoms with Crippen LogP contribution in [-0.2, 0) is 16.1 Å². The third-order valence-corrected chi connectivity index (χ3v) is 1.66. The Morgan fingerprint density at radius 1 is 1.50 bits per heavy atom. The maximum absolute atomic E-state index is 11.1. The highest BCUT2D eigenvalue weighted by Gasteiger charge is 2.10. The van der Waals surface area contributed by atoms with Crippen molar-refractivity contribution in [2.75, 3.05) is 0 Å². The van der Waals surface area contributed by atoms with Gasteiger partial charge in [0.05, 0.1) is 0 Å². The Morgan fingerprint density at radius 3 is 2.71 bits per heavy atom. The lowest BCUT2D eigenvalue weighted by Gasteiger charge is -2.05. The van der Waals surface area contributed by atoms with Gasteiger partial charge < -0.3 is 10.5 Å². The number of benzene rings is 1. The predicted octanol–water partition coefficient (Wildman–Crippen LogP) is 0.690. The van der Waals surface area contributed by atoms with E-state index in [1.54, 1.807) is 0 Å². The molecule has 1 aromatic rings. The lowest BCUT2D eigenvalue weighted by molar-refractivity contribution is -0.145. The Bertz CT molecular complexity index is 340. The van der Waals surface area contributed by atoms with Crippen LogP contribution in [0.15, 0.2) is 30.3 Å². The smallest absolute Gasteiger partial charge is 0.335 e. The van der Waals surface area contributed by atoms with Crippen molar-refractivity contribution in [3.05, 3.63) is 35.9 Å². The molecule has 0 heterocycles. The summed E-state index contributed by atoms with van der Waals surface area (Å²) in [5.41, 5.74) is 6.18. The van der Waals surface area contributed by atoms with Gasteiger partial charge in [-0.25, -0.2) is 4.79 Å². The van der Waals surface area contributed by atoms with E-state index in [9.17, 15) is 4.79 Å². The van der Waals surface area contributed by atoms with E-state index >= 15 is 0 Å². The number of carbonyl (C=O) groups is 1. The summed E-state index contributed by atoms with van der Waals surface area (Å²) < 4.78 is 4.87. The summed E-state index contributed by atoms with van der Waals surface area (Å²) in [5, 5.41) is 0. The minimum absolute atomic E-state index is 0.203. The molecular weight excluding hydrogens is 178 g/mol. The van der Waals surface area contributed by atoms with Gasteiger partial charge in [0.15, 0.2) is 6.04 Å². The molecule has 0 radical (unpaired) electrons. The van der Waals surface area contributed by atoms with E-state index in [0.717, 1.165) is 5.56 Å². The van der Waals surface area contributed by atoms with E-state index in [4.69, 9.17) is 16.9 Å². The van der Waals surface area contributed by atoms with Crippen LogP contribution in [0.4, 0.5) is 0 Å². The van der Waals surface area contributed by atoms with Crippen LogP contribution < -0.4 is 5.73 Å². The van der Waals surface area contributed by atoms with E-state index in [1.165, 1.54) is 0 Å². The fraction of sp³-hybridized carbons (Fsp3) is 0.182. The van der Waals surface area contributed by atoms with E-state index < -0.39 is 12.0 Å². The Hall–Kier alpha value is -1.79. The zero-order valence-corrected chi connectivity index (χ0v) is 7.64. The molecule has 1 unspecified atom stereocenters. The quantitative estimate of drug-likeness (QED) is 0.562. The van der Waals surface area contributed by atoms with Crippen molar-refractivity contribution in [3.8, 4) is 12.3 Å². The molecule has 0 saturated heterocycles. The fourth-order valence-electron chi connectivity index (χ4n) is 0.887. The van der Waals surface area contributed by atoms with Crippen LogP contribution in [0, 0.1) is 12.3 Å². The minimum atomic E-state index is -0.973. The van der Waals surface area contributed by atoms with Crippen molar-refractivity contribution in [3.63, 3.8) is 0 Å². The minimum Gasteiger partial charge on any atom is -0.459 e. The molecule has 0 fully saturated rings. The first-order valence-corrected chi connectivity index (χ1v) is 4.16. The first kappa shape index (κ1) is 10.3. The van der Waals surface area contributed by atoms with Gasteiger partial charge in [0.2, 0.25) is 0 Å². The molecule has 0 bridgehead atoms. The molecule has 0 aromatic heterocycles. The van der Waals surface area contributed by atoms with Crippen molar-refractivity contribution < 1.29 is 9.53 Å². The van der Waals surface area contributed by atoms with Crippen LogP contribution in [0.25, 0.3) is 0 Å². The largest absolute Gasteiger partial charge is 0.459 e. The molecule has 72 valence electrons. The van der Waals surface area contributed by atoms with Crippen molar-refractivity contribution in [2.24, 2.45) is 5.73 Å². The summed E-state index contributed by atoms with van der Waals surface area (Å²) in [5.74, 6) is 1.53. The molecule has 2 N–H and O–H groups in total. The van der Waals surface area contributed by atoms with Crippen LogP contribution in [0.2, 0.25) is 0 Å². The van der Waals surface area contributed by atoms with E-state index in [1.807, 2.05) is 30.3 Å². The van der Waals surface area contributed by atoms with Gasteiger partial charge in [-0.15, -0.1) is 6.42 Å². The molecule has 0 aliphatic rings. The average molecular weight is 189 g/mol. The number of ether oxygens (including phenoxy) is 1. The first-order chi connectivity index (χ1) is 6.74. The molecule has 1 atom stereocenters. The fourth-order valence-corrected chi connectivity index (χ4v) is 0.887. The topological polar surface area (TPSA) is 52.3 Å². The highest BCUT2D eigenvalue weighted by atomic mass is 16.5. The maximum Gasteiger partial charge on any atom is 0.335 e. The highest BCUT2D eigenvalue weighted by Crippen LogP contribution is 2.00. The Labute approximate surface area is 82.9 Å². The van der Waals surface area contributed by atoms with Gasteiger partial charge in [-0.2, -0.15) is 0 Å². The van der Waals surface area contributed by atoms with Crippen molar-refractivity contribution in [1.29, 1.82) is 0 Å². The Morgan fingerprint density at radius 2 is 2.14 bits per heavy atom. The lowest BCUT2D eigenvalue weighted by Crippen LogP contribution is -2.30. The number of nitrogens with two attached hydrogens (primary N) is 1. The SMILES string of the molecule is C#CC(N)C(=O)OCc1ccccc1. The van der Waals surface area contributed by atoms with Crippen molar-refractivity contribution in [2.45, 2.75) is 12.6 Å². The summed E-state index contributed by atoms with van der Waals surface area (Å²) in [6.45, 7) is 0.203. The standard InChI is InChI=1S/C11H11NO2/c1-2-10(12)11(13)14-8-9-6-4-3-5-7-9/h1,3-7,10H,8,12H2. The molecule has 3 heteroatoms. The van der Waals surface area contributed by atoms with E-state index in [0.29, 0.717) is 0 Å². The molecule has 3 nitrogen and oxygen atoms in total. The van der Waals surface area contributed by atoms with Gasteiger partial charge in [0, 0.05) is 0 Å². The number of esters is 1. The summed E-state index contributed by atoms with van der Waals surface area (Å²) in [6, 6.07) is 8.36. The number of hydrogen-bond donors (Lipinski definition) is 1. The van der Waals surface area contributed by atoms with Crippen LogP contribution in [0.5, 0.6) is 0 Å². The van der Waals surface area contributed by atoms with E-state index in [2.05, 4.69) is 5.92 Å². The zero-order chi connectivity index (χ0) is 10.4. The predicted molar refractivity (Wildman–Crippen MR) is 53.0 cm³/mol. The molecule has 0 amide bonds.